The Labute approximate surface area is 170 Å². The van der Waals surface area contributed by atoms with E-state index in [1.54, 1.807) is 11.8 Å². The number of aryl methyl sites for hydroxylation is 2. The molecule has 0 radical (unpaired) electrons. The standard InChI is InChI=1S/C20H23N4O4S/c1-27-10-14-11-28-19-17(9-21-24(14)19)29(26)23-20(25)22-18-15-6-2-4-12(15)8-13-5-3-7-16(13)18/h8-9,14H,2-7,10-11H2,1H3,(H,22,25)/q-1/t14-/m0/s1. The molecule has 0 saturated carbocycles. The molecule has 0 saturated heterocycles. The molecule has 0 spiro atoms. The lowest BCUT2D eigenvalue weighted by Crippen LogP contribution is -2.14. The lowest BCUT2D eigenvalue weighted by molar-refractivity contribution is 0.145. The van der Waals surface area contributed by atoms with Crippen LogP contribution in [0.15, 0.2) is 21.5 Å². The Bertz CT molecular complexity index is 1040. The molecule has 2 aromatic rings. The first-order chi connectivity index (χ1) is 14.2. The molecule has 3 aliphatic rings. The summed E-state index contributed by atoms with van der Waals surface area (Å²) < 4.78 is 29.0. The van der Waals surface area contributed by atoms with Crippen molar-refractivity contribution in [2.75, 3.05) is 25.6 Å². The maximum absolute atomic E-state index is 12.7. The van der Waals surface area contributed by atoms with E-state index in [-0.39, 0.29) is 6.04 Å². The minimum atomic E-state index is -1.89. The smallest absolute Gasteiger partial charge is 0.322 e. The first-order valence-corrected chi connectivity index (χ1v) is 11.1. The van der Waals surface area contributed by atoms with E-state index in [4.69, 9.17) is 9.47 Å². The second-order valence-electron chi connectivity index (χ2n) is 7.68. The Morgan fingerprint density at radius 2 is 2.03 bits per heavy atom. The van der Waals surface area contributed by atoms with Crippen LogP contribution >= 0.6 is 0 Å². The van der Waals surface area contributed by atoms with Gasteiger partial charge < -0.3 is 23.4 Å². The molecule has 8 nitrogen and oxygen atoms in total. The molecule has 0 unspecified atom stereocenters. The molecule has 2 aliphatic carbocycles. The molecule has 1 N–H and O–H groups in total. The largest absolute Gasteiger partial charge is 0.476 e. The highest BCUT2D eigenvalue weighted by Gasteiger charge is 2.26. The maximum atomic E-state index is 12.7. The normalized spacial score (nSPS) is 20.2. The summed E-state index contributed by atoms with van der Waals surface area (Å²) in [6, 6.07) is 1.65. The molecule has 2 amide bonds. The fourth-order valence-electron chi connectivity index (χ4n) is 4.63. The van der Waals surface area contributed by atoms with E-state index in [9.17, 15) is 9.00 Å². The number of methoxy groups -OCH3 is 1. The quantitative estimate of drug-likeness (QED) is 0.774. The van der Waals surface area contributed by atoms with Crippen LogP contribution in [0.25, 0.3) is 0 Å². The molecule has 1 aromatic heterocycles. The number of carbonyl (C=O) groups is 1. The summed E-state index contributed by atoms with van der Waals surface area (Å²) in [5, 5.41) is 7.18. The maximum Gasteiger partial charge on any atom is 0.322 e. The number of nitrogens with zero attached hydrogens (tertiary/aromatic N) is 3. The van der Waals surface area contributed by atoms with Gasteiger partial charge in [-0.1, -0.05) is 6.07 Å². The van der Waals surface area contributed by atoms with Gasteiger partial charge in [0.25, 0.3) is 0 Å². The zero-order chi connectivity index (χ0) is 20.0. The predicted molar refractivity (Wildman–Crippen MR) is 107 cm³/mol. The van der Waals surface area contributed by atoms with E-state index in [2.05, 4.69) is 20.8 Å². The SMILES string of the molecule is COC[C@H]1COc2c([S-](=O)=NC(=O)Nc3c4c(cc5c3CCC5)CCC4)cnn21. The molecular weight excluding hydrogens is 392 g/mol. The van der Waals surface area contributed by atoms with E-state index in [0.717, 1.165) is 44.2 Å². The van der Waals surface area contributed by atoms with Crippen LogP contribution in [0.3, 0.4) is 0 Å². The molecule has 9 heteroatoms. The molecule has 29 heavy (non-hydrogen) atoms. The van der Waals surface area contributed by atoms with Crippen LogP contribution in [0.2, 0.25) is 0 Å². The first-order valence-electron chi connectivity index (χ1n) is 9.96. The minimum absolute atomic E-state index is 0.0657. The summed E-state index contributed by atoms with van der Waals surface area (Å²) in [5.74, 6) is 0.392. The van der Waals surface area contributed by atoms with Crippen LogP contribution in [0, 0.1) is 0 Å². The Balaban J connectivity index is 1.41. The highest BCUT2D eigenvalue weighted by atomic mass is 32.2. The number of benzene rings is 1. The van der Waals surface area contributed by atoms with E-state index in [1.807, 2.05) is 0 Å². The van der Waals surface area contributed by atoms with Crippen LogP contribution in [0.5, 0.6) is 5.88 Å². The van der Waals surface area contributed by atoms with Crippen molar-refractivity contribution in [2.45, 2.75) is 49.5 Å². The van der Waals surface area contributed by atoms with Gasteiger partial charge in [-0.25, -0.2) is 9.48 Å². The lowest BCUT2D eigenvalue weighted by atomic mass is 9.99. The average Bonchev–Trinajstić information content (AvgIpc) is 3.46. The van der Waals surface area contributed by atoms with Gasteiger partial charge in [0.15, 0.2) is 5.88 Å². The number of urea groups is 1. The molecular formula is C20H23N4O4S-. The number of carbonyl (C=O) groups excluding carboxylic acids is 1. The number of anilines is 1. The van der Waals surface area contributed by atoms with Crippen molar-refractivity contribution in [3.05, 3.63) is 34.5 Å². The van der Waals surface area contributed by atoms with Crippen LogP contribution in [0.4, 0.5) is 10.5 Å². The van der Waals surface area contributed by atoms with Crippen molar-refractivity contribution in [1.29, 1.82) is 0 Å². The Kier molecular flexibility index (Phi) is 4.79. The van der Waals surface area contributed by atoms with Crippen LogP contribution in [-0.4, -0.2) is 36.1 Å². The summed E-state index contributed by atoms with van der Waals surface area (Å²) >= 11 is 0. The first kappa shape index (κ1) is 18.6. The van der Waals surface area contributed by atoms with Gasteiger partial charge in [-0.05, 0) is 65.7 Å². The van der Waals surface area contributed by atoms with Crippen LogP contribution < -0.4 is 10.1 Å². The highest BCUT2D eigenvalue weighted by molar-refractivity contribution is 7.75. The zero-order valence-electron chi connectivity index (χ0n) is 16.3. The second-order valence-corrected chi connectivity index (χ2v) is 8.80. The average molecular weight is 415 g/mol. The van der Waals surface area contributed by atoms with Gasteiger partial charge in [0, 0.05) is 19.0 Å². The zero-order valence-corrected chi connectivity index (χ0v) is 17.1. The van der Waals surface area contributed by atoms with Gasteiger partial charge in [0.05, 0.1) is 6.61 Å². The van der Waals surface area contributed by atoms with Gasteiger partial charge in [0.1, 0.15) is 12.6 Å². The van der Waals surface area contributed by atoms with Gasteiger partial charge in [-0.2, -0.15) is 5.10 Å². The molecule has 1 atom stereocenters. The minimum Gasteiger partial charge on any atom is -0.476 e. The number of hydrogen-bond donors (Lipinski definition) is 1. The van der Waals surface area contributed by atoms with Crippen molar-refractivity contribution in [3.63, 3.8) is 0 Å². The summed E-state index contributed by atoms with van der Waals surface area (Å²) in [4.78, 5) is 12.9. The summed E-state index contributed by atoms with van der Waals surface area (Å²) in [6.45, 7) is 0.846. The monoisotopic (exact) mass is 415 g/mol. The van der Waals surface area contributed by atoms with E-state index in [0.29, 0.717) is 24.0 Å². The third-order valence-electron chi connectivity index (χ3n) is 5.89. The van der Waals surface area contributed by atoms with Gasteiger partial charge in [-0.15, -0.1) is 10.6 Å². The third-order valence-corrected chi connectivity index (χ3v) is 6.88. The highest BCUT2D eigenvalue weighted by Crippen LogP contribution is 2.38. The Morgan fingerprint density at radius 1 is 1.31 bits per heavy atom. The number of hydrogen-bond acceptors (Lipinski definition) is 6. The number of aromatic nitrogens is 2. The fraction of sp³-hybridized carbons (Fsp3) is 0.500. The molecule has 5 rings (SSSR count). The van der Waals surface area contributed by atoms with E-state index < -0.39 is 16.6 Å². The summed E-state index contributed by atoms with van der Waals surface area (Å²) in [6.07, 6.45) is 7.69. The molecule has 1 aromatic carbocycles. The number of ether oxygens (including phenoxy) is 2. The van der Waals surface area contributed by atoms with Crippen LogP contribution in [-0.2, 0) is 45.2 Å². The van der Waals surface area contributed by atoms with Gasteiger partial charge >= 0.3 is 6.03 Å². The number of rotatable bonds is 4. The molecule has 154 valence electrons. The molecule has 1 aliphatic heterocycles. The Morgan fingerprint density at radius 3 is 2.72 bits per heavy atom. The summed E-state index contributed by atoms with van der Waals surface area (Å²) in [7, 11) is -0.281. The summed E-state index contributed by atoms with van der Waals surface area (Å²) in [5.41, 5.74) is 5.99. The van der Waals surface area contributed by atoms with Crippen molar-refractivity contribution in [2.24, 2.45) is 4.36 Å². The van der Waals surface area contributed by atoms with Crippen molar-refractivity contribution in [1.82, 2.24) is 9.78 Å². The number of fused-ring (bicyclic) bond motifs is 3. The lowest BCUT2D eigenvalue weighted by Gasteiger charge is -2.15. The topological polar surface area (TPSA) is 94.8 Å². The molecule has 2 heterocycles. The van der Waals surface area contributed by atoms with Crippen LogP contribution in [0.1, 0.15) is 41.1 Å². The van der Waals surface area contributed by atoms with Crippen molar-refractivity contribution >= 4 is 22.3 Å². The number of nitrogens with one attached hydrogen (secondary N) is 1. The van der Waals surface area contributed by atoms with Gasteiger partial charge in [0.2, 0.25) is 0 Å². The third kappa shape index (κ3) is 3.22. The number of amides is 2. The van der Waals surface area contributed by atoms with E-state index in [1.165, 1.54) is 28.5 Å². The van der Waals surface area contributed by atoms with Crippen molar-refractivity contribution in [3.8, 4) is 5.88 Å². The van der Waals surface area contributed by atoms with E-state index >= 15 is 0 Å². The fourth-order valence-corrected chi connectivity index (χ4v) is 5.36. The molecule has 0 bridgehead atoms. The molecule has 0 fully saturated rings. The Hall–Kier alpha value is -2.39. The predicted octanol–water partition coefficient (Wildman–Crippen LogP) is 3.18. The van der Waals surface area contributed by atoms with Crippen molar-refractivity contribution < 1.29 is 18.5 Å². The second kappa shape index (κ2) is 7.46. The van der Waals surface area contributed by atoms with Gasteiger partial charge in [-0.3, -0.25) is 0 Å².